The van der Waals surface area contributed by atoms with Gasteiger partial charge < -0.3 is 19.7 Å². The number of carbonyl (C=O) groups is 2. The minimum Gasteiger partial charge on any atom is -0.466 e. The summed E-state index contributed by atoms with van der Waals surface area (Å²) >= 11 is 0. The molecule has 0 aromatic heterocycles. The van der Waals surface area contributed by atoms with Crippen LogP contribution in [-0.4, -0.2) is 45.2 Å². The van der Waals surface area contributed by atoms with Gasteiger partial charge in [0.2, 0.25) is 0 Å². The number of rotatable bonds is 7. The molecule has 0 radical (unpaired) electrons. The summed E-state index contributed by atoms with van der Waals surface area (Å²) in [6.07, 6.45) is -5.87. The summed E-state index contributed by atoms with van der Waals surface area (Å²) in [5.74, 6) is -4.16. The summed E-state index contributed by atoms with van der Waals surface area (Å²) in [6.45, 7) is 1.37. The topological polar surface area (TPSA) is 131 Å². The largest absolute Gasteiger partial charge is 0.491 e. The normalized spacial score (nSPS) is 13.4. The van der Waals surface area contributed by atoms with Crippen LogP contribution in [0.25, 0.3) is 0 Å². The first-order valence-electron chi connectivity index (χ1n) is 9.63. The molecular formula is C19H17BF4N2O7S. The molecule has 182 valence electrons. The molecular weight excluding hydrogens is 487 g/mol. The maximum absolute atomic E-state index is 14.5. The Balaban J connectivity index is 1.98. The monoisotopic (exact) mass is 504 g/mol. The first kappa shape index (κ1) is 25.5. The van der Waals surface area contributed by atoms with Gasteiger partial charge in [-0.1, -0.05) is 0 Å². The lowest BCUT2D eigenvalue weighted by Gasteiger charge is -2.15. The molecule has 1 heterocycles. The highest BCUT2D eigenvalue weighted by molar-refractivity contribution is 7.92. The lowest BCUT2D eigenvalue weighted by atomic mass is 9.79. The molecule has 34 heavy (non-hydrogen) atoms. The maximum Gasteiger partial charge on any atom is 0.491 e. The molecule has 1 amide bonds. The summed E-state index contributed by atoms with van der Waals surface area (Å²) < 4.78 is 89.8. The van der Waals surface area contributed by atoms with E-state index in [1.54, 1.807) is 5.32 Å². The van der Waals surface area contributed by atoms with Gasteiger partial charge in [-0.2, -0.15) is 13.2 Å². The van der Waals surface area contributed by atoms with Gasteiger partial charge in [-0.05, 0) is 53.8 Å². The first-order chi connectivity index (χ1) is 15.8. The molecule has 0 unspecified atom stereocenters. The Bertz CT molecular complexity index is 1240. The number of hydrogen-bond acceptors (Lipinski definition) is 7. The average Bonchev–Trinajstić information content (AvgIpc) is 3.07. The van der Waals surface area contributed by atoms with Gasteiger partial charge in [0.15, 0.2) is 0 Å². The molecule has 0 spiro atoms. The van der Waals surface area contributed by atoms with Crippen LogP contribution in [-0.2, 0) is 42.0 Å². The number of anilines is 2. The zero-order chi connectivity index (χ0) is 25.3. The van der Waals surface area contributed by atoms with E-state index in [1.165, 1.54) is 6.92 Å². The van der Waals surface area contributed by atoms with Crippen molar-refractivity contribution in [3.05, 3.63) is 47.3 Å². The number of halogens is 4. The molecule has 2 aromatic carbocycles. The van der Waals surface area contributed by atoms with E-state index in [0.717, 1.165) is 30.3 Å². The Labute approximate surface area is 191 Å². The SMILES string of the molecule is CCOC(=O)Cc1cc(NC(=O)C(F)(F)F)ccc1S(=O)(=O)Nc1cc2c(cc1F)COB2O. The van der Waals surface area contributed by atoms with Gasteiger partial charge in [0.25, 0.3) is 10.0 Å². The second-order valence-electron chi connectivity index (χ2n) is 7.06. The van der Waals surface area contributed by atoms with E-state index in [-0.39, 0.29) is 24.2 Å². The minimum atomic E-state index is -5.20. The molecule has 3 N–H and O–H groups in total. The number of nitrogens with one attached hydrogen (secondary N) is 2. The highest BCUT2D eigenvalue weighted by Gasteiger charge is 2.39. The van der Waals surface area contributed by atoms with E-state index in [1.807, 2.05) is 4.72 Å². The first-order valence-corrected chi connectivity index (χ1v) is 11.1. The fourth-order valence-corrected chi connectivity index (χ4v) is 4.43. The minimum absolute atomic E-state index is 0.0472. The second-order valence-corrected chi connectivity index (χ2v) is 8.71. The third-order valence-corrected chi connectivity index (χ3v) is 6.11. The van der Waals surface area contributed by atoms with Crippen LogP contribution in [0.1, 0.15) is 18.1 Å². The molecule has 1 aliphatic heterocycles. The molecule has 0 saturated heterocycles. The Morgan fingerprint density at radius 3 is 2.59 bits per heavy atom. The zero-order valence-electron chi connectivity index (χ0n) is 17.4. The number of fused-ring (bicyclic) bond motifs is 1. The van der Waals surface area contributed by atoms with E-state index < -0.39 is 63.7 Å². The average molecular weight is 504 g/mol. The van der Waals surface area contributed by atoms with Gasteiger partial charge in [-0.25, -0.2) is 12.8 Å². The van der Waals surface area contributed by atoms with Crippen LogP contribution in [0.4, 0.5) is 28.9 Å². The highest BCUT2D eigenvalue weighted by atomic mass is 32.2. The van der Waals surface area contributed by atoms with Crippen molar-refractivity contribution in [3.8, 4) is 0 Å². The molecule has 0 fully saturated rings. The summed E-state index contributed by atoms with van der Waals surface area (Å²) in [4.78, 5) is 22.6. The van der Waals surface area contributed by atoms with Crippen LogP contribution in [0.5, 0.6) is 0 Å². The van der Waals surface area contributed by atoms with E-state index in [2.05, 4.69) is 0 Å². The molecule has 0 saturated carbocycles. The van der Waals surface area contributed by atoms with Crippen LogP contribution >= 0.6 is 0 Å². The molecule has 1 aliphatic rings. The van der Waals surface area contributed by atoms with Crippen LogP contribution in [0.3, 0.4) is 0 Å². The van der Waals surface area contributed by atoms with Crippen LogP contribution in [0.15, 0.2) is 35.2 Å². The third kappa shape index (κ3) is 5.66. The standard InChI is InChI=1S/C19H17BF4N2O7S/c1-2-32-17(27)7-10-5-12(25-18(28)19(22,23)24)3-4-16(10)34(30,31)26-15-8-13-11(6-14(15)21)9-33-20(13)29/h3-6,8,26,29H,2,7,9H2,1H3,(H,25,28). The van der Waals surface area contributed by atoms with Gasteiger partial charge >= 0.3 is 25.2 Å². The highest BCUT2D eigenvalue weighted by Crippen LogP contribution is 2.27. The molecule has 3 rings (SSSR count). The summed E-state index contributed by atoms with van der Waals surface area (Å²) in [7, 11) is -5.97. The van der Waals surface area contributed by atoms with Gasteiger partial charge in [0, 0.05) is 5.69 Å². The number of amides is 1. The van der Waals surface area contributed by atoms with Crippen molar-refractivity contribution in [3.63, 3.8) is 0 Å². The lowest BCUT2D eigenvalue weighted by molar-refractivity contribution is -0.167. The summed E-state index contributed by atoms with van der Waals surface area (Å²) in [6, 6.07) is 4.63. The zero-order valence-corrected chi connectivity index (χ0v) is 18.2. The van der Waals surface area contributed by atoms with Crippen LogP contribution in [0, 0.1) is 5.82 Å². The Kier molecular flexibility index (Phi) is 7.19. The predicted molar refractivity (Wildman–Crippen MR) is 111 cm³/mol. The van der Waals surface area contributed by atoms with Crippen molar-refractivity contribution in [1.82, 2.24) is 0 Å². The van der Waals surface area contributed by atoms with E-state index in [9.17, 15) is 40.6 Å². The predicted octanol–water partition coefficient (Wildman–Crippen LogP) is 1.45. The number of alkyl halides is 3. The van der Waals surface area contributed by atoms with Crippen molar-refractivity contribution in [2.75, 3.05) is 16.6 Å². The van der Waals surface area contributed by atoms with Crippen molar-refractivity contribution < 1.29 is 50.0 Å². The molecule has 0 aliphatic carbocycles. The Morgan fingerprint density at radius 1 is 1.24 bits per heavy atom. The Morgan fingerprint density at radius 2 is 1.94 bits per heavy atom. The number of esters is 1. The van der Waals surface area contributed by atoms with Crippen LogP contribution in [0.2, 0.25) is 0 Å². The van der Waals surface area contributed by atoms with Gasteiger partial charge in [0.1, 0.15) is 5.82 Å². The van der Waals surface area contributed by atoms with Crippen LogP contribution < -0.4 is 15.5 Å². The van der Waals surface area contributed by atoms with Crippen molar-refractivity contribution >= 4 is 45.9 Å². The lowest BCUT2D eigenvalue weighted by Crippen LogP contribution is -2.30. The smallest absolute Gasteiger partial charge is 0.466 e. The van der Waals surface area contributed by atoms with Crippen molar-refractivity contribution in [2.24, 2.45) is 0 Å². The Hall–Kier alpha value is -3.17. The quantitative estimate of drug-likeness (QED) is 0.296. The molecule has 2 aromatic rings. The number of ether oxygens (including phenoxy) is 1. The van der Waals surface area contributed by atoms with E-state index in [0.29, 0.717) is 5.56 Å². The third-order valence-electron chi connectivity index (χ3n) is 4.64. The summed E-state index contributed by atoms with van der Waals surface area (Å²) in [5.41, 5.74) is -0.794. The van der Waals surface area contributed by atoms with Crippen molar-refractivity contribution in [2.45, 2.75) is 31.0 Å². The second kappa shape index (κ2) is 9.60. The van der Waals surface area contributed by atoms with Gasteiger partial charge in [-0.3, -0.25) is 14.3 Å². The van der Waals surface area contributed by atoms with E-state index >= 15 is 0 Å². The maximum atomic E-state index is 14.5. The van der Waals surface area contributed by atoms with Crippen molar-refractivity contribution in [1.29, 1.82) is 0 Å². The molecule has 9 nitrogen and oxygen atoms in total. The van der Waals surface area contributed by atoms with E-state index in [4.69, 9.17) is 9.39 Å². The number of benzene rings is 2. The number of carbonyl (C=O) groups excluding carboxylic acids is 2. The van der Waals surface area contributed by atoms with Gasteiger partial charge in [0.05, 0.1) is 30.2 Å². The molecule has 0 atom stereocenters. The van der Waals surface area contributed by atoms with Gasteiger partial charge in [-0.15, -0.1) is 0 Å². The number of hydrogen-bond donors (Lipinski definition) is 3. The fraction of sp³-hybridized carbons (Fsp3) is 0.263. The molecule has 0 bridgehead atoms. The number of sulfonamides is 1. The molecule has 15 heteroatoms. The summed E-state index contributed by atoms with van der Waals surface area (Å²) in [5, 5.41) is 11.3. The fourth-order valence-electron chi connectivity index (χ4n) is 3.15.